The van der Waals surface area contributed by atoms with E-state index in [4.69, 9.17) is 0 Å². The van der Waals surface area contributed by atoms with Crippen LogP contribution in [0.25, 0.3) is 0 Å². The van der Waals surface area contributed by atoms with Crippen molar-refractivity contribution in [2.75, 3.05) is 20.6 Å². The van der Waals surface area contributed by atoms with Crippen molar-refractivity contribution in [2.45, 2.75) is 13.0 Å². The molecular formula is C12H17N3O4. The summed E-state index contributed by atoms with van der Waals surface area (Å²) >= 11 is 0. The van der Waals surface area contributed by atoms with E-state index in [0.717, 1.165) is 12.1 Å². The Labute approximate surface area is 111 Å². The quantitative estimate of drug-likeness (QED) is 0.612. The lowest BCUT2D eigenvalue weighted by Gasteiger charge is -2.18. The average molecular weight is 267 g/mol. The topological polar surface area (TPSA) is 95.7 Å². The number of hydrogen-bond donors (Lipinski definition) is 2. The van der Waals surface area contributed by atoms with Gasteiger partial charge in [0.25, 0.3) is 11.6 Å². The smallest absolute Gasteiger partial charge is 0.282 e. The Balaban J connectivity index is 2.92. The van der Waals surface area contributed by atoms with Crippen LogP contribution in [-0.2, 0) is 0 Å². The van der Waals surface area contributed by atoms with Gasteiger partial charge in [-0.2, -0.15) is 0 Å². The van der Waals surface area contributed by atoms with Crippen molar-refractivity contribution in [2.24, 2.45) is 0 Å². The van der Waals surface area contributed by atoms with E-state index in [-0.39, 0.29) is 23.0 Å². The van der Waals surface area contributed by atoms with Crippen LogP contribution in [-0.4, -0.2) is 47.5 Å². The zero-order valence-electron chi connectivity index (χ0n) is 11.1. The number of hydrogen-bond acceptors (Lipinski definition) is 5. The molecule has 0 aromatic heterocycles. The lowest BCUT2D eigenvalue weighted by Crippen LogP contribution is -2.39. The Morgan fingerprint density at radius 1 is 1.53 bits per heavy atom. The van der Waals surface area contributed by atoms with E-state index in [9.17, 15) is 20.0 Å². The molecule has 0 saturated carbocycles. The first-order valence-electron chi connectivity index (χ1n) is 5.74. The maximum Gasteiger partial charge on any atom is 0.282 e. The third-order valence-electron chi connectivity index (χ3n) is 2.44. The lowest BCUT2D eigenvalue weighted by molar-refractivity contribution is -0.385. The lowest BCUT2D eigenvalue weighted by atomic mass is 10.1. The molecule has 0 bridgehead atoms. The Morgan fingerprint density at radius 3 is 2.68 bits per heavy atom. The second-order valence-corrected chi connectivity index (χ2v) is 4.60. The van der Waals surface area contributed by atoms with Crippen molar-refractivity contribution in [3.05, 3.63) is 33.9 Å². The van der Waals surface area contributed by atoms with Crippen LogP contribution in [0.4, 0.5) is 5.69 Å². The molecule has 0 aliphatic carbocycles. The number of rotatable bonds is 5. The molecule has 0 spiro atoms. The summed E-state index contributed by atoms with van der Waals surface area (Å²) < 4.78 is 0. The van der Waals surface area contributed by atoms with Crippen molar-refractivity contribution in [3.63, 3.8) is 0 Å². The van der Waals surface area contributed by atoms with Gasteiger partial charge in [0.1, 0.15) is 11.3 Å². The molecule has 104 valence electrons. The average Bonchev–Trinajstić information content (AvgIpc) is 2.26. The van der Waals surface area contributed by atoms with Crippen molar-refractivity contribution in [1.82, 2.24) is 10.2 Å². The molecule has 0 heterocycles. The minimum atomic E-state index is -0.648. The second kappa shape index (κ2) is 6.14. The molecule has 0 aliphatic heterocycles. The van der Waals surface area contributed by atoms with E-state index < -0.39 is 10.8 Å². The van der Waals surface area contributed by atoms with Crippen LogP contribution in [0.15, 0.2) is 18.2 Å². The van der Waals surface area contributed by atoms with Gasteiger partial charge >= 0.3 is 0 Å². The Bertz CT molecular complexity index is 488. The molecular weight excluding hydrogens is 250 g/mol. The zero-order chi connectivity index (χ0) is 14.6. The predicted molar refractivity (Wildman–Crippen MR) is 70.2 cm³/mol. The van der Waals surface area contributed by atoms with Crippen LogP contribution >= 0.6 is 0 Å². The molecule has 0 aliphatic rings. The number of benzene rings is 1. The van der Waals surface area contributed by atoms with E-state index in [2.05, 4.69) is 5.32 Å². The van der Waals surface area contributed by atoms with Gasteiger partial charge in [0.05, 0.1) is 4.92 Å². The van der Waals surface area contributed by atoms with Crippen LogP contribution in [0, 0.1) is 10.1 Å². The van der Waals surface area contributed by atoms with Gasteiger partial charge in [-0.05, 0) is 33.2 Å². The fraction of sp³-hybridized carbons (Fsp3) is 0.417. The monoisotopic (exact) mass is 267 g/mol. The van der Waals surface area contributed by atoms with Gasteiger partial charge in [0.2, 0.25) is 0 Å². The molecule has 7 heteroatoms. The van der Waals surface area contributed by atoms with E-state index in [1.807, 2.05) is 19.0 Å². The first-order chi connectivity index (χ1) is 8.81. The highest BCUT2D eigenvalue weighted by atomic mass is 16.6. The number of nitrogens with one attached hydrogen (secondary N) is 1. The molecule has 7 nitrogen and oxygen atoms in total. The molecule has 1 rings (SSSR count). The van der Waals surface area contributed by atoms with Crippen molar-refractivity contribution in [3.8, 4) is 5.75 Å². The number of carbonyl (C=O) groups is 1. The van der Waals surface area contributed by atoms with E-state index in [0.29, 0.717) is 6.54 Å². The maximum absolute atomic E-state index is 12.0. The molecule has 2 N–H and O–H groups in total. The van der Waals surface area contributed by atoms with E-state index in [1.54, 1.807) is 6.92 Å². The normalized spacial score (nSPS) is 12.2. The third kappa shape index (κ3) is 4.22. The standard InChI is InChI=1S/C12H17N3O4/c1-8(7-14(2)3)13-12(17)10-6-9(16)4-5-11(10)15(18)19/h4-6,8,16H,7H2,1-3H3,(H,13,17). The van der Waals surface area contributed by atoms with Crippen LogP contribution in [0.5, 0.6) is 5.75 Å². The van der Waals surface area contributed by atoms with Gasteiger partial charge in [0.15, 0.2) is 0 Å². The molecule has 0 radical (unpaired) electrons. The third-order valence-corrected chi connectivity index (χ3v) is 2.44. The fourth-order valence-electron chi connectivity index (χ4n) is 1.76. The van der Waals surface area contributed by atoms with Crippen LogP contribution in [0.2, 0.25) is 0 Å². The van der Waals surface area contributed by atoms with Gasteiger partial charge in [-0.25, -0.2) is 0 Å². The minimum Gasteiger partial charge on any atom is -0.508 e. The highest BCUT2D eigenvalue weighted by Gasteiger charge is 2.21. The Kier molecular flexibility index (Phi) is 4.82. The van der Waals surface area contributed by atoms with Gasteiger partial charge in [-0.15, -0.1) is 0 Å². The molecule has 1 aromatic rings. The summed E-state index contributed by atoms with van der Waals surface area (Å²) in [6.07, 6.45) is 0. The van der Waals surface area contributed by atoms with Crippen LogP contribution < -0.4 is 5.32 Å². The first kappa shape index (κ1) is 14.9. The first-order valence-corrected chi connectivity index (χ1v) is 5.74. The summed E-state index contributed by atoms with van der Waals surface area (Å²) in [5.74, 6) is -0.757. The van der Waals surface area contributed by atoms with Gasteiger partial charge in [-0.3, -0.25) is 14.9 Å². The summed E-state index contributed by atoms with van der Waals surface area (Å²) in [6, 6.07) is 3.22. The molecule has 0 fully saturated rings. The number of nitrogens with zero attached hydrogens (tertiary/aromatic N) is 2. The van der Waals surface area contributed by atoms with Crippen molar-refractivity contribution < 1.29 is 14.8 Å². The van der Waals surface area contributed by atoms with Crippen molar-refractivity contribution in [1.29, 1.82) is 0 Å². The molecule has 1 amide bonds. The summed E-state index contributed by atoms with van der Waals surface area (Å²) in [6.45, 7) is 2.41. The number of phenols is 1. The van der Waals surface area contributed by atoms with Gasteiger partial charge < -0.3 is 15.3 Å². The molecule has 0 saturated heterocycles. The zero-order valence-corrected chi connectivity index (χ0v) is 11.1. The number of aromatic hydroxyl groups is 1. The number of likely N-dealkylation sites (N-methyl/N-ethyl adjacent to an activating group) is 1. The SMILES string of the molecule is CC(CN(C)C)NC(=O)c1cc(O)ccc1[N+](=O)[O-]. The number of nitro groups is 1. The highest BCUT2D eigenvalue weighted by molar-refractivity contribution is 5.98. The van der Waals surface area contributed by atoms with E-state index in [1.165, 1.54) is 6.07 Å². The summed E-state index contributed by atoms with van der Waals surface area (Å²) in [4.78, 5) is 24.0. The molecule has 19 heavy (non-hydrogen) atoms. The number of nitro benzene ring substituents is 1. The Hall–Kier alpha value is -2.15. The predicted octanol–water partition coefficient (Wildman–Crippen LogP) is 0.980. The summed E-state index contributed by atoms with van der Waals surface area (Å²) in [5.41, 5.74) is -0.469. The van der Waals surface area contributed by atoms with E-state index >= 15 is 0 Å². The van der Waals surface area contributed by atoms with Crippen LogP contribution in [0.1, 0.15) is 17.3 Å². The van der Waals surface area contributed by atoms with Gasteiger partial charge in [-0.1, -0.05) is 0 Å². The minimum absolute atomic E-state index is 0.143. The fourth-order valence-corrected chi connectivity index (χ4v) is 1.76. The molecule has 1 atom stereocenters. The summed E-state index contributed by atoms with van der Waals surface area (Å²) in [5, 5.41) is 22.8. The molecule has 1 aromatic carbocycles. The second-order valence-electron chi connectivity index (χ2n) is 4.60. The molecule has 1 unspecified atom stereocenters. The van der Waals surface area contributed by atoms with Crippen LogP contribution in [0.3, 0.4) is 0 Å². The van der Waals surface area contributed by atoms with Crippen molar-refractivity contribution >= 4 is 11.6 Å². The number of carbonyl (C=O) groups excluding carboxylic acids is 1. The largest absolute Gasteiger partial charge is 0.508 e. The number of phenolic OH excluding ortho intramolecular Hbond substituents is 1. The number of amides is 1. The van der Waals surface area contributed by atoms with Gasteiger partial charge in [0, 0.05) is 18.7 Å². The summed E-state index contributed by atoms with van der Waals surface area (Å²) in [7, 11) is 3.72. The Morgan fingerprint density at radius 2 is 2.16 bits per heavy atom. The maximum atomic E-state index is 12.0. The highest BCUT2D eigenvalue weighted by Crippen LogP contribution is 2.23.